The van der Waals surface area contributed by atoms with Gasteiger partial charge in [-0.25, -0.2) is 0 Å². The van der Waals surface area contributed by atoms with Crippen LogP contribution in [0.25, 0.3) is 0 Å². The van der Waals surface area contributed by atoms with Crippen LogP contribution >= 0.6 is 0 Å². The van der Waals surface area contributed by atoms with Crippen LogP contribution in [0.15, 0.2) is 18.2 Å². The number of hydrogen-bond donors (Lipinski definition) is 2. The smallest absolute Gasteiger partial charge is 0.419 e. The van der Waals surface area contributed by atoms with Crippen LogP contribution in [0.3, 0.4) is 0 Å². The Labute approximate surface area is 90.9 Å². The summed E-state index contributed by atoms with van der Waals surface area (Å²) in [6.45, 7) is 0. The third-order valence-electron chi connectivity index (χ3n) is 2.81. The van der Waals surface area contributed by atoms with Crippen molar-refractivity contribution in [2.45, 2.75) is 31.0 Å². The van der Waals surface area contributed by atoms with E-state index in [-0.39, 0.29) is 5.54 Å². The average Bonchev–Trinajstić information content (AvgIpc) is 2.85. The normalized spacial score (nSPS) is 18.5. The van der Waals surface area contributed by atoms with E-state index >= 15 is 0 Å². The van der Waals surface area contributed by atoms with Crippen molar-refractivity contribution < 1.29 is 18.3 Å². The van der Waals surface area contributed by atoms with Gasteiger partial charge in [0.1, 0.15) is 5.75 Å². The molecule has 0 bridgehead atoms. The van der Waals surface area contributed by atoms with E-state index in [9.17, 15) is 13.2 Å². The minimum absolute atomic E-state index is 0.333. The molecule has 0 aliphatic heterocycles. The van der Waals surface area contributed by atoms with E-state index in [4.69, 9.17) is 10.8 Å². The molecule has 1 aliphatic carbocycles. The van der Waals surface area contributed by atoms with Gasteiger partial charge in [-0.15, -0.1) is 0 Å². The largest absolute Gasteiger partial charge is 0.507 e. The van der Waals surface area contributed by atoms with Crippen LogP contribution in [-0.4, -0.2) is 10.6 Å². The van der Waals surface area contributed by atoms with Crippen molar-refractivity contribution in [3.63, 3.8) is 0 Å². The Kier molecular flexibility index (Phi) is 2.38. The second-order valence-electron chi connectivity index (χ2n) is 4.39. The van der Waals surface area contributed by atoms with Crippen molar-refractivity contribution in [2.75, 3.05) is 0 Å². The van der Waals surface area contributed by atoms with Gasteiger partial charge < -0.3 is 10.8 Å². The maximum absolute atomic E-state index is 12.5. The van der Waals surface area contributed by atoms with Gasteiger partial charge in [-0.05, 0) is 37.0 Å². The van der Waals surface area contributed by atoms with Gasteiger partial charge >= 0.3 is 6.18 Å². The molecule has 0 aromatic heterocycles. The lowest BCUT2D eigenvalue weighted by molar-refractivity contribution is -0.138. The number of benzene rings is 1. The van der Waals surface area contributed by atoms with Gasteiger partial charge in [0.2, 0.25) is 0 Å². The first kappa shape index (κ1) is 11.3. The van der Waals surface area contributed by atoms with Crippen molar-refractivity contribution >= 4 is 0 Å². The summed E-state index contributed by atoms with van der Waals surface area (Å²) in [5, 5.41) is 9.13. The molecule has 88 valence electrons. The lowest BCUT2D eigenvalue weighted by atomic mass is 10.0. The molecule has 2 rings (SSSR count). The first-order chi connectivity index (χ1) is 7.30. The van der Waals surface area contributed by atoms with Crippen LogP contribution in [-0.2, 0) is 12.6 Å². The van der Waals surface area contributed by atoms with E-state index in [1.165, 1.54) is 6.07 Å². The molecule has 1 fully saturated rings. The highest BCUT2D eigenvalue weighted by Crippen LogP contribution is 2.39. The van der Waals surface area contributed by atoms with E-state index in [0.717, 1.165) is 25.0 Å². The summed E-state index contributed by atoms with van der Waals surface area (Å²) in [4.78, 5) is 0. The SMILES string of the molecule is NC1(Cc2ccc(O)c(C(F)(F)F)c2)CC1. The zero-order valence-corrected chi connectivity index (χ0v) is 8.51. The molecule has 1 aromatic carbocycles. The van der Waals surface area contributed by atoms with Crippen LogP contribution in [0.5, 0.6) is 5.75 Å². The minimum Gasteiger partial charge on any atom is -0.507 e. The van der Waals surface area contributed by atoms with Gasteiger partial charge in [0.05, 0.1) is 5.56 Å². The number of hydrogen-bond acceptors (Lipinski definition) is 2. The van der Waals surface area contributed by atoms with Crippen molar-refractivity contribution in [1.29, 1.82) is 0 Å². The van der Waals surface area contributed by atoms with Gasteiger partial charge in [-0.1, -0.05) is 6.07 Å². The molecule has 0 amide bonds. The number of phenols is 1. The van der Waals surface area contributed by atoms with E-state index in [1.54, 1.807) is 0 Å². The standard InChI is InChI=1S/C11H12F3NO/c12-11(13,14)8-5-7(1-2-9(8)16)6-10(15)3-4-10/h1-2,5,16H,3-4,6,15H2. The second kappa shape index (κ2) is 3.38. The van der Waals surface area contributed by atoms with Crippen LogP contribution in [0, 0.1) is 0 Å². The fraction of sp³-hybridized carbons (Fsp3) is 0.455. The van der Waals surface area contributed by atoms with Gasteiger partial charge in [-0.2, -0.15) is 13.2 Å². The van der Waals surface area contributed by atoms with Crippen LogP contribution in [0.4, 0.5) is 13.2 Å². The fourth-order valence-corrected chi connectivity index (χ4v) is 1.66. The predicted molar refractivity (Wildman–Crippen MR) is 53.0 cm³/mol. The highest BCUT2D eigenvalue weighted by molar-refractivity contribution is 5.39. The summed E-state index contributed by atoms with van der Waals surface area (Å²) in [6, 6.07) is 3.53. The molecule has 5 heteroatoms. The minimum atomic E-state index is -4.52. The monoisotopic (exact) mass is 231 g/mol. The lowest BCUT2D eigenvalue weighted by Gasteiger charge is -2.13. The Balaban J connectivity index is 2.28. The Morgan fingerprint density at radius 3 is 2.44 bits per heavy atom. The zero-order chi connectivity index (χ0) is 12.0. The summed E-state index contributed by atoms with van der Waals surface area (Å²) in [5.41, 5.74) is 5.03. The van der Waals surface area contributed by atoms with Crippen molar-refractivity contribution in [3.05, 3.63) is 29.3 Å². The summed E-state index contributed by atoms with van der Waals surface area (Å²) < 4.78 is 37.5. The molecular weight excluding hydrogens is 219 g/mol. The third-order valence-corrected chi connectivity index (χ3v) is 2.81. The fourth-order valence-electron chi connectivity index (χ4n) is 1.66. The van der Waals surface area contributed by atoms with E-state index in [1.807, 2.05) is 0 Å². The lowest BCUT2D eigenvalue weighted by Crippen LogP contribution is -2.24. The topological polar surface area (TPSA) is 46.2 Å². The quantitative estimate of drug-likeness (QED) is 0.821. The number of nitrogens with two attached hydrogens (primary N) is 1. The highest BCUT2D eigenvalue weighted by Gasteiger charge is 2.39. The van der Waals surface area contributed by atoms with Gasteiger partial charge in [-0.3, -0.25) is 0 Å². The first-order valence-electron chi connectivity index (χ1n) is 4.98. The molecule has 1 saturated carbocycles. The summed E-state index contributed by atoms with van der Waals surface area (Å²) in [5.74, 6) is -0.738. The number of aromatic hydroxyl groups is 1. The molecule has 0 spiro atoms. The first-order valence-corrected chi connectivity index (χ1v) is 4.98. The van der Waals surface area contributed by atoms with E-state index in [2.05, 4.69) is 0 Å². The molecular formula is C11H12F3NO. The van der Waals surface area contributed by atoms with Gasteiger partial charge in [0.25, 0.3) is 0 Å². The van der Waals surface area contributed by atoms with Crippen LogP contribution < -0.4 is 5.73 Å². The van der Waals surface area contributed by atoms with E-state index < -0.39 is 17.5 Å². The molecule has 0 saturated heterocycles. The molecule has 0 atom stereocenters. The summed E-state index contributed by atoms with van der Waals surface area (Å²) in [6.07, 6.45) is -2.41. The Hall–Kier alpha value is -1.23. The molecule has 16 heavy (non-hydrogen) atoms. The number of phenolic OH excluding ortho intramolecular Hbond substituents is 1. The number of halogens is 3. The molecule has 0 unspecified atom stereocenters. The molecule has 0 radical (unpaired) electrons. The van der Waals surface area contributed by atoms with Gasteiger partial charge in [0.15, 0.2) is 0 Å². The summed E-state index contributed by atoms with van der Waals surface area (Å²) >= 11 is 0. The number of rotatable bonds is 2. The molecule has 3 N–H and O–H groups in total. The Morgan fingerprint density at radius 1 is 1.31 bits per heavy atom. The van der Waals surface area contributed by atoms with Crippen molar-refractivity contribution in [2.24, 2.45) is 5.73 Å². The molecule has 0 heterocycles. The maximum atomic E-state index is 12.5. The summed E-state index contributed by atoms with van der Waals surface area (Å²) in [7, 11) is 0. The Bertz CT molecular complexity index is 410. The second-order valence-corrected chi connectivity index (χ2v) is 4.39. The third kappa shape index (κ3) is 2.29. The molecule has 2 nitrogen and oxygen atoms in total. The van der Waals surface area contributed by atoms with E-state index in [0.29, 0.717) is 12.0 Å². The highest BCUT2D eigenvalue weighted by atomic mass is 19.4. The van der Waals surface area contributed by atoms with Crippen molar-refractivity contribution in [3.8, 4) is 5.75 Å². The average molecular weight is 231 g/mol. The van der Waals surface area contributed by atoms with Gasteiger partial charge in [0, 0.05) is 5.54 Å². The predicted octanol–water partition coefficient (Wildman–Crippen LogP) is 2.44. The van der Waals surface area contributed by atoms with Crippen molar-refractivity contribution in [1.82, 2.24) is 0 Å². The molecule has 1 aliphatic rings. The Morgan fingerprint density at radius 2 is 1.94 bits per heavy atom. The molecule has 1 aromatic rings. The zero-order valence-electron chi connectivity index (χ0n) is 8.51. The number of alkyl halides is 3. The van der Waals surface area contributed by atoms with Crippen LogP contribution in [0.2, 0.25) is 0 Å². The maximum Gasteiger partial charge on any atom is 0.419 e. The van der Waals surface area contributed by atoms with Crippen LogP contribution in [0.1, 0.15) is 24.0 Å².